The Morgan fingerprint density at radius 3 is 2.80 bits per heavy atom. The van der Waals surface area contributed by atoms with Gasteiger partial charge < -0.3 is 14.9 Å². The summed E-state index contributed by atoms with van der Waals surface area (Å²) < 4.78 is 5.12. The summed E-state index contributed by atoms with van der Waals surface area (Å²) in [6, 6.07) is 5.12. The van der Waals surface area contributed by atoms with Crippen LogP contribution in [0.4, 0.5) is 0 Å². The van der Waals surface area contributed by atoms with Gasteiger partial charge in [-0.25, -0.2) is 0 Å². The first-order valence-corrected chi connectivity index (χ1v) is 5.19. The summed E-state index contributed by atoms with van der Waals surface area (Å²) in [5.74, 6) is 0.616. The monoisotopic (exact) mass is 230 g/mol. The van der Waals surface area contributed by atoms with E-state index in [2.05, 4.69) is 0 Å². The highest BCUT2D eigenvalue weighted by Crippen LogP contribution is 2.30. The maximum absolute atomic E-state index is 9.84. The Balaban J connectivity index is 2.85. The van der Waals surface area contributed by atoms with Crippen LogP contribution in [0.1, 0.15) is 24.5 Å². The molecule has 0 heterocycles. The molecule has 0 amide bonds. The molecule has 2 N–H and O–H groups in total. The SMILES string of the molecule is COc1ccc(Cl)cc1C(O)CCCO. The molecule has 0 fully saturated rings. The van der Waals surface area contributed by atoms with E-state index in [9.17, 15) is 5.11 Å². The maximum atomic E-state index is 9.84. The summed E-state index contributed by atoms with van der Waals surface area (Å²) in [6.07, 6.45) is 0.398. The standard InChI is InChI=1S/C11H15ClO3/c1-15-11-5-4-8(12)7-9(11)10(14)3-2-6-13/h4-5,7,10,13-14H,2-3,6H2,1H3. The molecule has 4 heteroatoms. The molecule has 1 aromatic carbocycles. The molecule has 0 saturated heterocycles. The average Bonchev–Trinajstić information content (AvgIpc) is 2.25. The topological polar surface area (TPSA) is 49.7 Å². The molecule has 0 aliphatic rings. The van der Waals surface area contributed by atoms with E-state index in [-0.39, 0.29) is 6.61 Å². The summed E-state index contributed by atoms with van der Waals surface area (Å²) in [7, 11) is 1.55. The van der Waals surface area contributed by atoms with Crippen molar-refractivity contribution in [2.45, 2.75) is 18.9 Å². The van der Waals surface area contributed by atoms with Crippen LogP contribution in [0.25, 0.3) is 0 Å². The van der Waals surface area contributed by atoms with E-state index < -0.39 is 6.10 Å². The number of hydrogen-bond donors (Lipinski definition) is 2. The lowest BCUT2D eigenvalue weighted by Gasteiger charge is -2.14. The lowest BCUT2D eigenvalue weighted by Crippen LogP contribution is -2.01. The molecule has 0 aliphatic heterocycles. The van der Waals surface area contributed by atoms with Gasteiger partial charge in [-0.2, -0.15) is 0 Å². The normalized spacial score (nSPS) is 12.5. The largest absolute Gasteiger partial charge is 0.496 e. The van der Waals surface area contributed by atoms with E-state index in [1.54, 1.807) is 25.3 Å². The Hall–Kier alpha value is -0.770. The van der Waals surface area contributed by atoms with E-state index in [4.69, 9.17) is 21.4 Å². The Morgan fingerprint density at radius 1 is 1.47 bits per heavy atom. The smallest absolute Gasteiger partial charge is 0.124 e. The number of rotatable bonds is 5. The van der Waals surface area contributed by atoms with Crippen LogP contribution in [0.5, 0.6) is 5.75 Å². The summed E-state index contributed by atoms with van der Waals surface area (Å²) in [5.41, 5.74) is 0.665. The number of hydrogen-bond acceptors (Lipinski definition) is 3. The first-order valence-electron chi connectivity index (χ1n) is 4.81. The Kier molecular flexibility index (Phi) is 4.88. The average molecular weight is 231 g/mol. The second-order valence-electron chi connectivity index (χ2n) is 3.27. The van der Waals surface area contributed by atoms with Gasteiger partial charge in [-0.1, -0.05) is 11.6 Å². The van der Waals surface area contributed by atoms with Gasteiger partial charge in [-0.05, 0) is 31.0 Å². The van der Waals surface area contributed by atoms with Gasteiger partial charge in [0.2, 0.25) is 0 Å². The van der Waals surface area contributed by atoms with E-state index in [0.717, 1.165) is 0 Å². The lowest BCUT2D eigenvalue weighted by molar-refractivity contribution is 0.148. The van der Waals surface area contributed by atoms with Crippen molar-refractivity contribution in [2.75, 3.05) is 13.7 Å². The van der Waals surface area contributed by atoms with E-state index in [0.29, 0.717) is 29.2 Å². The molecule has 1 rings (SSSR count). The summed E-state index contributed by atoms with van der Waals surface area (Å²) >= 11 is 5.84. The zero-order valence-corrected chi connectivity index (χ0v) is 9.37. The van der Waals surface area contributed by atoms with E-state index in [1.165, 1.54) is 0 Å². The van der Waals surface area contributed by atoms with Crippen LogP contribution in [-0.2, 0) is 0 Å². The Morgan fingerprint density at radius 2 is 2.20 bits per heavy atom. The van der Waals surface area contributed by atoms with Gasteiger partial charge in [-0.3, -0.25) is 0 Å². The highest BCUT2D eigenvalue weighted by Gasteiger charge is 2.13. The zero-order chi connectivity index (χ0) is 11.3. The van der Waals surface area contributed by atoms with Gasteiger partial charge in [0, 0.05) is 17.2 Å². The molecular weight excluding hydrogens is 216 g/mol. The second-order valence-corrected chi connectivity index (χ2v) is 3.70. The van der Waals surface area contributed by atoms with Crippen molar-refractivity contribution in [3.05, 3.63) is 28.8 Å². The molecule has 1 aromatic rings. The third kappa shape index (κ3) is 3.38. The van der Waals surface area contributed by atoms with Gasteiger partial charge in [0.15, 0.2) is 0 Å². The number of methoxy groups -OCH3 is 1. The fraction of sp³-hybridized carbons (Fsp3) is 0.455. The maximum Gasteiger partial charge on any atom is 0.124 e. The van der Waals surface area contributed by atoms with Crippen molar-refractivity contribution in [1.82, 2.24) is 0 Å². The molecule has 0 spiro atoms. The summed E-state index contributed by atoms with van der Waals surface area (Å²) in [6.45, 7) is 0.0694. The first kappa shape index (κ1) is 12.3. The van der Waals surface area contributed by atoms with E-state index in [1.807, 2.05) is 0 Å². The van der Waals surface area contributed by atoms with Gasteiger partial charge in [0.1, 0.15) is 5.75 Å². The minimum Gasteiger partial charge on any atom is -0.496 e. The predicted octanol–water partition coefficient (Wildman–Crippen LogP) is 2.15. The minimum atomic E-state index is -0.647. The quantitative estimate of drug-likeness (QED) is 0.815. The number of benzene rings is 1. The highest BCUT2D eigenvalue weighted by atomic mass is 35.5. The predicted molar refractivity (Wildman–Crippen MR) is 59.3 cm³/mol. The van der Waals surface area contributed by atoms with Crippen molar-refractivity contribution < 1.29 is 14.9 Å². The number of halogens is 1. The third-order valence-electron chi connectivity index (χ3n) is 2.19. The molecule has 15 heavy (non-hydrogen) atoms. The minimum absolute atomic E-state index is 0.0694. The third-order valence-corrected chi connectivity index (χ3v) is 2.42. The first-order chi connectivity index (χ1) is 7.19. The van der Waals surface area contributed by atoms with Crippen LogP contribution in [-0.4, -0.2) is 23.9 Å². The van der Waals surface area contributed by atoms with Crippen molar-refractivity contribution in [3.63, 3.8) is 0 Å². The molecule has 0 saturated carbocycles. The lowest BCUT2D eigenvalue weighted by atomic mass is 10.0. The van der Waals surface area contributed by atoms with Crippen LogP contribution in [0.3, 0.4) is 0 Å². The molecule has 84 valence electrons. The number of ether oxygens (including phenoxy) is 1. The summed E-state index contributed by atoms with van der Waals surface area (Å²) in [5, 5.41) is 19.1. The molecule has 1 unspecified atom stereocenters. The van der Waals surface area contributed by atoms with Crippen LogP contribution < -0.4 is 4.74 Å². The fourth-order valence-electron chi connectivity index (χ4n) is 1.41. The molecule has 0 radical (unpaired) electrons. The Bertz CT molecular complexity index is 315. The van der Waals surface area contributed by atoms with Crippen molar-refractivity contribution in [3.8, 4) is 5.75 Å². The van der Waals surface area contributed by atoms with Crippen molar-refractivity contribution in [2.24, 2.45) is 0 Å². The molecule has 0 bridgehead atoms. The van der Waals surface area contributed by atoms with E-state index >= 15 is 0 Å². The second kappa shape index (κ2) is 5.95. The van der Waals surface area contributed by atoms with Crippen molar-refractivity contribution in [1.29, 1.82) is 0 Å². The summed E-state index contributed by atoms with van der Waals surface area (Å²) in [4.78, 5) is 0. The van der Waals surface area contributed by atoms with Crippen LogP contribution in [0.2, 0.25) is 5.02 Å². The van der Waals surface area contributed by atoms with Crippen LogP contribution >= 0.6 is 11.6 Å². The highest BCUT2D eigenvalue weighted by molar-refractivity contribution is 6.30. The zero-order valence-electron chi connectivity index (χ0n) is 8.61. The molecule has 0 aliphatic carbocycles. The van der Waals surface area contributed by atoms with Gasteiger partial charge in [0.05, 0.1) is 13.2 Å². The Labute approximate surface area is 94.3 Å². The number of aliphatic hydroxyl groups excluding tert-OH is 2. The molecule has 1 atom stereocenters. The van der Waals surface area contributed by atoms with Gasteiger partial charge in [-0.15, -0.1) is 0 Å². The fourth-order valence-corrected chi connectivity index (χ4v) is 1.59. The molecule has 3 nitrogen and oxygen atoms in total. The molecular formula is C11H15ClO3. The van der Waals surface area contributed by atoms with Crippen LogP contribution in [0, 0.1) is 0 Å². The van der Waals surface area contributed by atoms with Gasteiger partial charge >= 0.3 is 0 Å². The van der Waals surface area contributed by atoms with Gasteiger partial charge in [0.25, 0.3) is 0 Å². The van der Waals surface area contributed by atoms with Crippen LogP contribution in [0.15, 0.2) is 18.2 Å². The molecule has 0 aromatic heterocycles. The van der Waals surface area contributed by atoms with Crippen molar-refractivity contribution >= 4 is 11.6 Å². The number of aliphatic hydroxyl groups is 2.